The summed E-state index contributed by atoms with van der Waals surface area (Å²) in [6, 6.07) is 5.60. The van der Waals surface area contributed by atoms with E-state index in [0.29, 0.717) is 11.3 Å². The molecular weight excluding hydrogens is 270 g/mol. The Bertz CT molecular complexity index is 528. The van der Waals surface area contributed by atoms with E-state index in [-0.39, 0.29) is 5.78 Å². The highest BCUT2D eigenvalue weighted by Gasteiger charge is 2.14. The van der Waals surface area contributed by atoms with Crippen LogP contribution in [0.1, 0.15) is 21.6 Å². The fraction of sp³-hybridized carbons (Fsp3) is 0.182. The number of hydrogen-bond donors (Lipinski definition) is 0. The Kier molecular flexibility index (Phi) is 2.87. The van der Waals surface area contributed by atoms with Gasteiger partial charge < -0.3 is 0 Å². The molecule has 5 heteroatoms. The number of halogens is 1. The van der Waals surface area contributed by atoms with Gasteiger partial charge in [0.25, 0.3) is 0 Å². The molecule has 1 heterocycles. The van der Waals surface area contributed by atoms with E-state index in [9.17, 15) is 4.79 Å². The minimum absolute atomic E-state index is 0.0723. The molecule has 0 aliphatic heterocycles. The van der Waals surface area contributed by atoms with E-state index in [2.05, 4.69) is 26.2 Å². The van der Waals surface area contributed by atoms with Gasteiger partial charge in [-0.05, 0) is 30.7 Å². The zero-order chi connectivity index (χ0) is 11.7. The maximum absolute atomic E-state index is 12.1. The van der Waals surface area contributed by atoms with Crippen molar-refractivity contribution in [3.8, 4) is 0 Å². The van der Waals surface area contributed by atoms with Gasteiger partial charge in [-0.25, -0.2) is 4.68 Å². The number of carbonyl (C=O) groups is 1. The molecule has 0 atom stereocenters. The quantitative estimate of drug-likeness (QED) is 0.792. The molecule has 2 aromatic rings. The van der Waals surface area contributed by atoms with Crippen molar-refractivity contribution in [2.75, 3.05) is 0 Å². The van der Waals surface area contributed by atoms with Gasteiger partial charge in [-0.2, -0.15) is 0 Å². The van der Waals surface area contributed by atoms with Crippen LogP contribution in [0.3, 0.4) is 0 Å². The van der Waals surface area contributed by atoms with Crippen molar-refractivity contribution >= 4 is 21.7 Å². The molecular formula is C11H10BrN3O. The normalized spacial score (nSPS) is 10.4. The minimum Gasteiger partial charge on any atom is -0.287 e. The Balaban J connectivity index is 2.45. The number of nitrogens with zero attached hydrogens (tertiary/aromatic N) is 3. The summed E-state index contributed by atoms with van der Waals surface area (Å²) in [6.07, 6.45) is 1.47. The molecule has 0 amide bonds. The predicted molar refractivity (Wildman–Crippen MR) is 63.3 cm³/mol. The van der Waals surface area contributed by atoms with Crippen LogP contribution in [0.15, 0.2) is 28.9 Å². The molecule has 2 rings (SSSR count). The fourth-order valence-electron chi connectivity index (χ4n) is 1.51. The summed E-state index contributed by atoms with van der Waals surface area (Å²) in [6.45, 7) is 1.95. The lowest BCUT2D eigenvalue weighted by Gasteiger charge is -2.03. The smallest absolute Gasteiger partial charge is 0.212 e. The second-order valence-corrected chi connectivity index (χ2v) is 4.50. The lowest BCUT2D eigenvalue weighted by molar-refractivity contribution is 0.103. The monoisotopic (exact) mass is 279 g/mol. The van der Waals surface area contributed by atoms with Crippen LogP contribution in [0.25, 0.3) is 0 Å². The maximum Gasteiger partial charge on any atom is 0.212 e. The lowest BCUT2D eigenvalue weighted by Crippen LogP contribution is -2.08. The molecule has 1 aromatic carbocycles. The number of aromatic nitrogens is 3. The summed E-state index contributed by atoms with van der Waals surface area (Å²) in [5, 5.41) is 7.44. The van der Waals surface area contributed by atoms with E-state index in [0.717, 1.165) is 10.0 Å². The van der Waals surface area contributed by atoms with E-state index in [1.165, 1.54) is 10.9 Å². The van der Waals surface area contributed by atoms with Crippen molar-refractivity contribution in [3.63, 3.8) is 0 Å². The SMILES string of the molecule is Cc1cc(Br)cc(C(=O)c2cnnn2C)c1. The van der Waals surface area contributed by atoms with E-state index in [1.807, 2.05) is 19.1 Å². The number of aryl methyl sites for hydroxylation is 2. The van der Waals surface area contributed by atoms with Crippen LogP contribution >= 0.6 is 15.9 Å². The Morgan fingerprint density at radius 2 is 2.12 bits per heavy atom. The largest absolute Gasteiger partial charge is 0.287 e. The fourth-order valence-corrected chi connectivity index (χ4v) is 2.12. The van der Waals surface area contributed by atoms with E-state index >= 15 is 0 Å². The van der Waals surface area contributed by atoms with Gasteiger partial charge in [-0.1, -0.05) is 21.1 Å². The van der Waals surface area contributed by atoms with Crippen LogP contribution in [0, 0.1) is 6.92 Å². The van der Waals surface area contributed by atoms with Gasteiger partial charge in [0.05, 0.1) is 6.20 Å². The third-order valence-electron chi connectivity index (χ3n) is 2.25. The van der Waals surface area contributed by atoms with Gasteiger partial charge in [0, 0.05) is 17.1 Å². The summed E-state index contributed by atoms with van der Waals surface area (Å²) in [5.74, 6) is -0.0723. The van der Waals surface area contributed by atoms with Gasteiger partial charge in [0.1, 0.15) is 5.69 Å². The van der Waals surface area contributed by atoms with Gasteiger partial charge in [0.2, 0.25) is 5.78 Å². The van der Waals surface area contributed by atoms with Crippen molar-refractivity contribution in [2.45, 2.75) is 6.92 Å². The molecule has 0 bridgehead atoms. The molecule has 1 aromatic heterocycles. The van der Waals surface area contributed by atoms with Crippen LogP contribution in [0.4, 0.5) is 0 Å². The van der Waals surface area contributed by atoms with Crippen molar-refractivity contribution in [1.29, 1.82) is 0 Å². The number of benzene rings is 1. The van der Waals surface area contributed by atoms with Gasteiger partial charge >= 0.3 is 0 Å². The maximum atomic E-state index is 12.1. The number of rotatable bonds is 2. The second kappa shape index (κ2) is 4.17. The third-order valence-corrected chi connectivity index (χ3v) is 2.71. The molecule has 82 valence electrons. The van der Waals surface area contributed by atoms with Crippen LogP contribution in [0.5, 0.6) is 0 Å². The molecule has 0 aliphatic carbocycles. The molecule has 16 heavy (non-hydrogen) atoms. The first-order valence-electron chi connectivity index (χ1n) is 4.74. The van der Waals surface area contributed by atoms with Crippen LogP contribution in [-0.4, -0.2) is 20.8 Å². The Labute approximate surface area is 101 Å². The molecule has 0 radical (unpaired) electrons. The minimum atomic E-state index is -0.0723. The summed E-state index contributed by atoms with van der Waals surface area (Å²) >= 11 is 3.37. The third kappa shape index (κ3) is 2.04. The Morgan fingerprint density at radius 1 is 1.38 bits per heavy atom. The summed E-state index contributed by atoms with van der Waals surface area (Å²) < 4.78 is 2.37. The van der Waals surface area contributed by atoms with Crippen LogP contribution in [0.2, 0.25) is 0 Å². The predicted octanol–water partition coefficient (Wildman–Crippen LogP) is 2.12. The van der Waals surface area contributed by atoms with Gasteiger partial charge in [-0.3, -0.25) is 4.79 Å². The Hall–Kier alpha value is -1.49. The van der Waals surface area contributed by atoms with E-state index in [1.54, 1.807) is 13.1 Å². The number of hydrogen-bond acceptors (Lipinski definition) is 3. The van der Waals surface area contributed by atoms with Crippen molar-refractivity contribution in [3.05, 3.63) is 45.7 Å². The first kappa shape index (κ1) is 11.0. The number of carbonyl (C=O) groups excluding carboxylic acids is 1. The standard InChI is InChI=1S/C11H10BrN3O/c1-7-3-8(5-9(12)4-7)11(16)10-6-13-14-15(10)2/h3-6H,1-2H3. The molecule has 0 saturated heterocycles. The Morgan fingerprint density at radius 3 is 2.69 bits per heavy atom. The van der Waals surface area contributed by atoms with Gasteiger partial charge in [-0.15, -0.1) is 5.10 Å². The lowest BCUT2D eigenvalue weighted by atomic mass is 10.1. The average molecular weight is 280 g/mol. The molecule has 0 N–H and O–H groups in total. The first-order valence-corrected chi connectivity index (χ1v) is 5.54. The average Bonchev–Trinajstić information content (AvgIpc) is 2.62. The molecule has 0 aliphatic rings. The van der Waals surface area contributed by atoms with Crippen molar-refractivity contribution < 1.29 is 4.79 Å². The van der Waals surface area contributed by atoms with Gasteiger partial charge in [0.15, 0.2) is 0 Å². The second-order valence-electron chi connectivity index (χ2n) is 3.59. The zero-order valence-corrected chi connectivity index (χ0v) is 10.5. The van der Waals surface area contributed by atoms with Crippen LogP contribution < -0.4 is 0 Å². The van der Waals surface area contributed by atoms with Crippen LogP contribution in [-0.2, 0) is 7.05 Å². The topological polar surface area (TPSA) is 47.8 Å². The van der Waals surface area contributed by atoms with E-state index < -0.39 is 0 Å². The van der Waals surface area contributed by atoms with E-state index in [4.69, 9.17) is 0 Å². The molecule has 0 unspecified atom stereocenters. The van der Waals surface area contributed by atoms with Crippen molar-refractivity contribution in [1.82, 2.24) is 15.0 Å². The molecule has 4 nitrogen and oxygen atoms in total. The molecule has 0 saturated carbocycles. The highest BCUT2D eigenvalue weighted by atomic mass is 79.9. The van der Waals surface area contributed by atoms with Crippen molar-refractivity contribution in [2.24, 2.45) is 7.05 Å². The zero-order valence-electron chi connectivity index (χ0n) is 8.94. The summed E-state index contributed by atoms with van der Waals surface area (Å²) in [5.41, 5.74) is 2.16. The number of ketones is 1. The highest BCUT2D eigenvalue weighted by molar-refractivity contribution is 9.10. The summed E-state index contributed by atoms with van der Waals surface area (Å²) in [7, 11) is 1.70. The molecule has 0 spiro atoms. The summed E-state index contributed by atoms with van der Waals surface area (Å²) in [4.78, 5) is 12.1. The highest BCUT2D eigenvalue weighted by Crippen LogP contribution is 2.17. The first-order chi connectivity index (χ1) is 7.58. The molecule has 0 fully saturated rings.